The number of nitrogens with one attached hydrogen (secondary N) is 1. The third kappa shape index (κ3) is 5.91. The average molecular weight is 485 g/mol. The maximum Gasteiger partial charge on any atom is 0.237 e. The van der Waals surface area contributed by atoms with E-state index >= 15 is 0 Å². The minimum absolute atomic E-state index is 0.133. The molecule has 1 heterocycles. The molecule has 0 aliphatic heterocycles. The van der Waals surface area contributed by atoms with Gasteiger partial charge in [0.2, 0.25) is 5.91 Å². The van der Waals surface area contributed by atoms with Gasteiger partial charge in [0, 0.05) is 12.2 Å². The Morgan fingerprint density at radius 2 is 1.79 bits per heavy atom. The summed E-state index contributed by atoms with van der Waals surface area (Å²) in [5.41, 5.74) is 2.79. The molecule has 1 unspecified atom stereocenters. The van der Waals surface area contributed by atoms with Gasteiger partial charge < -0.3 is 9.88 Å². The lowest BCUT2D eigenvalue weighted by Gasteiger charge is -2.17. The average Bonchev–Trinajstić information content (AvgIpc) is 3.15. The number of benzene rings is 2. The predicted molar refractivity (Wildman–Crippen MR) is 132 cm³/mol. The van der Waals surface area contributed by atoms with Crippen molar-refractivity contribution in [2.45, 2.75) is 54.8 Å². The molecule has 1 N–H and O–H groups in total. The van der Waals surface area contributed by atoms with Crippen molar-refractivity contribution in [3.8, 4) is 0 Å². The maximum atomic E-state index is 13.0. The van der Waals surface area contributed by atoms with Gasteiger partial charge in [0.15, 0.2) is 15.0 Å². The van der Waals surface area contributed by atoms with Crippen LogP contribution >= 0.6 is 11.8 Å². The van der Waals surface area contributed by atoms with E-state index in [9.17, 15) is 13.2 Å². The Bertz CT molecular complexity index is 1220. The number of thioether (sulfide) groups is 1. The van der Waals surface area contributed by atoms with Gasteiger partial charge in [0.1, 0.15) is 11.6 Å². The second kappa shape index (κ2) is 10.8. The Hall–Kier alpha value is -2.91. The summed E-state index contributed by atoms with van der Waals surface area (Å²) in [6.07, 6.45) is 2.23. The van der Waals surface area contributed by atoms with Gasteiger partial charge >= 0.3 is 0 Å². The van der Waals surface area contributed by atoms with Crippen molar-refractivity contribution >= 4 is 33.2 Å². The Morgan fingerprint density at radius 1 is 1.12 bits per heavy atom. The van der Waals surface area contributed by atoms with Crippen LogP contribution in [0.3, 0.4) is 0 Å². The van der Waals surface area contributed by atoms with Gasteiger partial charge in [-0.05, 0) is 43.5 Å². The molecule has 0 bridgehead atoms. The fraction of sp³-hybridized carbons (Fsp3) is 0.292. The van der Waals surface area contributed by atoms with Gasteiger partial charge in [-0.1, -0.05) is 61.2 Å². The summed E-state index contributed by atoms with van der Waals surface area (Å²) in [7, 11) is -3.59. The van der Waals surface area contributed by atoms with Crippen LogP contribution in [0.5, 0.6) is 0 Å². The van der Waals surface area contributed by atoms with Crippen LogP contribution in [0.2, 0.25) is 0 Å². The first kappa shape index (κ1) is 24.7. The smallest absolute Gasteiger partial charge is 0.237 e. The Balaban J connectivity index is 1.83. The fourth-order valence-electron chi connectivity index (χ4n) is 3.37. The van der Waals surface area contributed by atoms with Crippen LogP contribution in [0, 0.1) is 13.8 Å². The molecule has 0 aliphatic carbocycles. The van der Waals surface area contributed by atoms with Crippen molar-refractivity contribution in [1.29, 1.82) is 0 Å². The number of allylic oxidation sites excluding steroid dienone is 1. The standard InChI is InChI=1S/C24H28N4O3S2/c1-5-15-28-21(16-33(30,31)19-13-8-7-9-14-19)26-27-24(28)32-20(6-2)23(29)25-22-17(3)11-10-12-18(22)4/h5,7-14,20H,1,6,15-16H2,2-4H3,(H,25,29). The molecule has 7 nitrogen and oxygen atoms in total. The minimum Gasteiger partial charge on any atom is -0.325 e. The number of para-hydroxylation sites is 1. The fourth-order valence-corrected chi connectivity index (χ4v) is 5.65. The van der Waals surface area contributed by atoms with Crippen molar-refractivity contribution in [2.24, 2.45) is 0 Å². The second-order valence-corrected chi connectivity index (χ2v) is 10.8. The van der Waals surface area contributed by atoms with E-state index in [0.717, 1.165) is 16.8 Å². The number of sulfone groups is 1. The number of hydrogen-bond donors (Lipinski definition) is 1. The highest BCUT2D eigenvalue weighted by Crippen LogP contribution is 2.28. The molecular formula is C24H28N4O3S2. The van der Waals surface area contributed by atoms with Crippen molar-refractivity contribution in [3.05, 3.63) is 78.1 Å². The second-order valence-electron chi connectivity index (χ2n) is 7.64. The number of amides is 1. The molecule has 33 heavy (non-hydrogen) atoms. The highest BCUT2D eigenvalue weighted by atomic mass is 32.2. The number of carbonyl (C=O) groups excluding carboxylic acids is 1. The third-order valence-electron chi connectivity index (χ3n) is 5.17. The van der Waals surface area contributed by atoms with Gasteiger partial charge in [-0.3, -0.25) is 4.79 Å². The number of hydrogen-bond acceptors (Lipinski definition) is 6. The van der Waals surface area contributed by atoms with Crippen LogP contribution in [0.25, 0.3) is 0 Å². The molecule has 3 rings (SSSR count). The molecule has 1 aromatic heterocycles. The van der Waals surface area contributed by atoms with Gasteiger partial charge in [0.25, 0.3) is 0 Å². The Labute approximate surface area is 199 Å². The van der Waals surface area contributed by atoms with E-state index in [4.69, 9.17) is 0 Å². The Kier molecular flexibility index (Phi) is 8.10. The normalized spacial score (nSPS) is 12.3. The lowest BCUT2D eigenvalue weighted by atomic mass is 10.1. The van der Waals surface area contributed by atoms with Crippen molar-refractivity contribution in [2.75, 3.05) is 5.32 Å². The van der Waals surface area contributed by atoms with Crippen LogP contribution in [0.4, 0.5) is 5.69 Å². The molecule has 0 fully saturated rings. The summed E-state index contributed by atoms with van der Waals surface area (Å²) < 4.78 is 27.4. The lowest BCUT2D eigenvalue weighted by Crippen LogP contribution is -2.26. The van der Waals surface area contributed by atoms with E-state index in [-0.39, 0.29) is 16.6 Å². The summed E-state index contributed by atoms with van der Waals surface area (Å²) >= 11 is 1.27. The molecule has 1 amide bonds. The van der Waals surface area contributed by atoms with E-state index in [1.807, 2.05) is 39.0 Å². The van der Waals surface area contributed by atoms with E-state index in [1.54, 1.807) is 41.0 Å². The number of aryl methyl sites for hydroxylation is 2. The van der Waals surface area contributed by atoms with E-state index < -0.39 is 15.1 Å². The molecular weight excluding hydrogens is 456 g/mol. The monoisotopic (exact) mass is 484 g/mol. The van der Waals surface area contributed by atoms with Crippen LogP contribution < -0.4 is 5.32 Å². The highest BCUT2D eigenvalue weighted by Gasteiger charge is 2.25. The molecule has 1 atom stereocenters. The molecule has 2 aromatic carbocycles. The lowest BCUT2D eigenvalue weighted by molar-refractivity contribution is -0.115. The van der Waals surface area contributed by atoms with Crippen LogP contribution in [-0.4, -0.2) is 34.3 Å². The van der Waals surface area contributed by atoms with Gasteiger partial charge in [-0.15, -0.1) is 16.8 Å². The zero-order chi connectivity index (χ0) is 24.0. The van der Waals surface area contributed by atoms with E-state index in [0.29, 0.717) is 23.9 Å². The number of nitrogens with zero attached hydrogens (tertiary/aromatic N) is 3. The van der Waals surface area contributed by atoms with Gasteiger partial charge in [0.05, 0.1) is 10.1 Å². The molecule has 0 radical (unpaired) electrons. The number of anilines is 1. The third-order valence-corrected chi connectivity index (χ3v) is 8.14. The maximum absolute atomic E-state index is 13.0. The quantitative estimate of drug-likeness (QED) is 0.335. The molecule has 0 aliphatic rings. The number of carbonyl (C=O) groups is 1. The first-order valence-electron chi connectivity index (χ1n) is 10.6. The number of aromatic nitrogens is 3. The molecule has 3 aromatic rings. The summed E-state index contributed by atoms with van der Waals surface area (Å²) in [6.45, 7) is 9.94. The molecule has 0 saturated heterocycles. The summed E-state index contributed by atoms with van der Waals surface area (Å²) in [6, 6.07) is 14.1. The van der Waals surface area contributed by atoms with Crippen molar-refractivity contribution in [1.82, 2.24) is 14.8 Å². The molecule has 0 saturated carbocycles. The van der Waals surface area contributed by atoms with Crippen LogP contribution in [0.15, 0.2) is 71.2 Å². The van der Waals surface area contributed by atoms with Crippen molar-refractivity contribution < 1.29 is 13.2 Å². The van der Waals surface area contributed by atoms with Crippen LogP contribution in [0.1, 0.15) is 30.3 Å². The van der Waals surface area contributed by atoms with Crippen molar-refractivity contribution in [3.63, 3.8) is 0 Å². The first-order valence-corrected chi connectivity index (χ1v) is 13.1. The van der Waals surface area contributed by atoms with E-state index in [1.165, 1.54) is 11.8 Å². The van der Waals surface area contributed by atoms with Crippen LogP contribution in [-0.2, 0) is 26.9 Å². The molecule has 174 valence electrons. The summed E-state index contributed by atoms with van der Waals surface area (Å²) in [4.78, 5) is 13.3. The van der Waals surface area contributed by atoms with Gasteiger partial charge in [-0.2, -0.15) is 0 Å². The largest absolute Gasteiger partial charge is 0.325 e. The van der Waals surface area contributed by atoms with Gasteiger partial charge in [-0.25, -0.2) is 8.42 Å². The minimum atomic E-state index is -3.59. The summed E-state index contributed by atoms with van der Waals surface area (Å²) in [5.74, 6) is -0.109. The summed E-state index contributed by atoms with van der Waals surface area (Å²) in [5, 5.41) is 11.4. The zero-order valence-corrected chi connectivity index (χ0v) is 20.6. The first-order chi connectivity index (χ1) is 15.8. The molecule has 9 heteroatoms. The topological polar surface area (TPSA) is 93.9 Å². The molecule has 0 spiro atoms. The predicted octanol–water partition coefficient (Wildman–Crippen LogP) is 4.56. The highest BCUT2D eigenvalue weighted by molar-refractivity contribution is 8.00. The number of rotatable bonds is 10. The SMILES string of the molecule is C=CCn1c(CS(=O)(=O)c2ccccc2)nnc1SC(CC)C(=O)Nc1c(C)cccc1C. The zero-order valence-electron chi connectivity index (χ0n) is 19.0. The van der Waals surface area contributed by atoms with E-state index in [2.05, 4.69) is 22.1 Å². The Morgan fingerprint density at radius 3 is 2.39 bits per heavy atom.